The Kier molecular flexibility index (Phi) is 29.6. The zero-order valence-electron chi connectivity index (χ0n) is 22.7. The quantitative estimate of drug-likeness (QED) is 0.0802. The molecule has 0 spiro atoms. The number of hydrogen-bond donors (Lipinski definition) is 1. The van der Waals surface area contributed by atoms with Crippen molar-refractivity contribution < 1.29 is 82.9 Å². The number of carbonyl (C=O) groups is 3. The van der Waals surface area contributed by atoms with Crippen molar-refractivity contribution in [3.05, 3.63) is 79.9 Å². The summed E-state index contributed by atoms with van der Waals surface area (Å²) in [5, 5.41) is 38.8. The molecule has 0 radical (unpaired) electrons. The van der Waals surface area contributed by atoms with Crippen molar-refractivity contribution in [2.24, 2.45) is 0 Å². The number of halogens is 1. The fraction of sp³-hybridized carbons (Fsp3) is 0.348. The van der Waals surface area contributed by atoms with E-state index in [1.807, 2.05) is 0 Å². The van der Waals surface area contributed by atoms with Crippen LogP contribution in [0.15, 0.2) is 48.5 Å². The molecule has 0 aliphatic heterocycles. The maximum Gasteiger partial charge on any atom is 1.00 e. The van der Waals surface area contributed by atoms with Crippen molar-refractivity contribution >= 4 is 53.6 Å². The fourth-order valence-corrected chi connectivity index (χ4v) is 2.29. The average molecular weight is 692 g/mol. The molecule has 15 nitrogen and oxygen atoms in total. The number of aliphatic hydroxyl groups excluding tert-OH is 1. The largest absolute Gasteiger partial charge is 1.00 e. The Bertz CT molecular complexity index is 1010. The predicted octanol–water partition coefficient (Wildman–Crippen LogP) is -1.37. The van der Waals surface area contributed by atoms with E-state index in [1.165, 1.54) is 77.0 Å². The number of aldehydes is 1. The van der Waals surface area contributed by atoms with Crippen LogP contribution >= 0.6 is 24.0 Å². The summed E-state index contributed by atoms with van der Waals surface area (Å²) in [5.41, 5.74) is 0.669. The summed E-state index contributed by atoms with van der Waals surface area (Å²) in [5.74, 6) is -1.06. The number of aliphatic hydroxyl groups is 1. The molecule has 1 N–H and O–H groups in total. The van der Waals surface area contributed by atoms with E-state index < -0.39 is 28.0 Å². The van der Waals surface area contributed by atoms with Crippen LogP contribution in [0.3, 0.4) is 0 Å². The standard InChI is InChI=1S/C11H13NO6.C7H5NO3.C4H8O3.CH3O.HI.Na/c1-17-10(11(14)18-2)9(13)7-3-5-8(6-4-7)12(15)16;9-5-6-1-3-7(4-2-6)8(10)11;1-6-3-4(5)7-2;1-2;;/h3-6,9-10,13H,1-2H3;1-5H;3H2,1-2H3;1H3;1H;/q;;;-1;;+1. The van der Waals surface area contributed by atoms with E-state index in [4.69, 9.17) is 9.84 Å². The van der Waals surface area contributed by atoms with Crippen LogP contribution in [0.25, 0.3) is 0 Å². The minimum absolute atomic E-state index is 0. The summed E-state index contributed by atoms with van der Waals surface area (Å²) in [6.45, 7) is 0.0382. The number of nitrogens with zero attached hydrogens (tertiary/aromatic N) is 2. The van der Waals surface area contributed by atoms with Gasteiger partial charge in [0.1, 0.15) is 19.0 Å². The Balaban J connectivity index is -0.000000253. The van der Waals surface area contributed by atoms with Gasteiger partial charge in [-0.3, -0.25) is 25.0 Å². The molecule has 2 rings (SSSR count). The normalized spacial score (nSPS) is 10.3. The molecular weight excluding hydrogens is 662 g/mol. The topological polar surface area (TPSA) is 218 Å². The second kappa shape index (κ2) is 26.6. The molecule has 0 amide bonds. The number of rotatable bonds is 9. The minimum Gasteiger partial charge on any atom is -0.857 e. The first-order valence-electron chi connectivity index (χ1n) is 10.2. The number of nitro benzene ring substituents is 2. The van der Waals surface area contributed by atoms with Gasteiger partial charge >= 0.3 is 41.5 Å². The maximum absolute atomic E-state index is 11.3. The first kappa shape index (κ1) is 44.4. The summed E-state index contributed by atoms with van der Waals surface area (Å²) in [6, 6.07) is 10.6. The van der Waals surface area contributed by atoms with E-state index in [-0.39, 0.29) is 77.5 Å². The Morgan fingerprint density at radius 2 is 1.30 bits per heavy atom. The van der Waals surface area contributed by atoms with Crippen molar-refractivity contribution in [3.63, 3.8) is 0 Å². The van der Waals surface area contributed by atoms with Crippen molar-refractivity contribution in [2.75, 3.05) is 42.2 Å². The van der Waals surface area contributed by atoms with Gasteiger partial charge in [0.2, 0.25) is 0 Å². The van der Waals surface area contributed by atoms with E-state index in [0.717, 1.165) is 7.11 Å². The van der Waals surface area contributed by atoms with E-state index in [2.05, 4.69) is 14.2 Å². The summed E-state index contributed by atoms with van der Waals surface area (Å²) < 4.78 is 18.0. The molecule has 0 heterocycles. The third kappa shape index (κ3) is 17.9. The zero-order valence-corrected chi connectivity index (χ0v) is 27.0. The monoisotopic (exact) mass is 692 g/mol. The van der Waals surface area contributed by atoms with Gasteiger partial charge in [-0.05, 0) is 29.8 Å². The fourth-order valence-electron chi connectivity index (χ4n) is 2.29. The van der Waals surface area contributed by atoms with Gasteiger partial charge in [0, 0.05) is 44.0 Å². The van der Waals surface area contributed by atoms with Gasteiger partial charge in [-0.1, -0.05) is 0 Å². The summed E-state index contributed by atoms with van der Waals surface area (Å²) >= 11 is 0. The van der Waals surface area contributed by atoms with Gasteiger partial charge < -0.3 is 29.2 Å². The third-order valence-corrected chi connectivity index (χ3v) is 4.15. The van der Waals surface area contributed by atoms with Crippen molar-refractivity contribution in [2.45, 2.75) is 12.2 Å². The van der Waals surface area contributed by atoms with Gasteiger partial charge in [-0.15, -0.1) is 24.0 Å². The van der Waals surface area contributed by atoms with Crippen LogP contribution in [0.2, 0.25) is 0 Å². The molecule has 0 aliphatic carbocycles. The van der Waals surface area contributed by atoms with Gasteiger partial charge in [0.15, 0.2) is 6.10 Å². The number of carbonyl (C=O) groups excluding carboxylic acids is 3. The molecule has 0 saturated carbocycles. The summed E-state index contributed by atoms with van der Waals surface area (Å²) in [7, 11) is 5.95. The van der Waals surface area contributed by atoms with Crippen molar-refractivity contribution in [1.82, 2.24) is 0 Å². The van der Waals surface area contributed by atoms with E-state index in [9.17, 15) is 39.7 Å². The molecule has 0 bridgehead atoms. The Morgan fingerprint density at radius 1 is 0.875 bits per heavy atom. The summed E-state index contributed by atoms with van der Waals surface area (Å²) in [4.78, 5) is 51.0. The van der Waals surface area contributed by atoms with E-state index >= 15 is 0 Å². The number of non-ortho nitro benzene ring substituents is 2. The molecule has 2 unspecified atom stereocenters. The average Bonchev–Trinajstić information content (AvgIpc) is 2.95. The molecule has 2 aromatic rings. The second-order valence-corrected chi connectivity index (χ2v) is 6.45. The van der Waals surface area contributed by atoms with Gasteiger partial charge in [0.05, 0.1) is 24.1 Å². The second-order valence-electron chi connectivity index (χ2n) is 6.45. The van der Waals surface area contributed by atoms with Crippen LogP contribution < -0.4 is 34.7 Å². The van der Waals surface area contributed by atoms with Crippen molar-refractivity contribution in [3.8, 4) is 0 Å². The molecule has 0 saturated heterocycles. The number of nitro groups is 2. The van der Waals surface area contributed by atoms with Crippen LogP contribution in [-0.4, -0.2) is 81.4 Å². The SMILES string of the molecule is COC(=O)C(OC)C(O)c1ccc([N+](=O)[O-])cc1.COCC(=O)OC.C[O-].I.O=Cc1ccc([N+](=O)[O-])cc1.[Na+]. The third-order valence-electron chi connectivity index (χ3n) is 4.15. The van der Waals surface area contributed by atoms with Gasteiger partial charge in [0.25, 0.3) is 11.4 Å². The maximum atomic E-state index is 11.3. The molecule has 17 heteroatoms. The van der Waals surface area contributed by atoms with E-state index in [1.54, 1.807) is 0 Å². The molecule has 40 heavy (non-hydrogen) atoms. The first-order valence-corrected chi connectivity index (χ1v) is 10.2. The number of ether oxygens (including phenoxy) is 4. The van der Waals surface area contributed by atoms with Gasteiger partial charge in [-0.2, -0.15) is 7.11 Å². The van der Waals surface area contributed by atoms with Crippen molar-refractivity contribution in [1.29, 1.82) is 0 Å². The smallest absolute Gasteiger partial charge is 0.857 e. The molecule has 2 atom stereocenters. The molecule has 0 aliphatic rings. The first-order chi connectivity index (χ1) is 18.1. The molecule has 0 fully saturated rings. The van der Waals surface area contributed by atoms with Crippen LogP contribution in [0, 0.1) is 20.2 Å². The minimum atomic E-state index is -1.25. The Labute approximate surface area is 269 Å². The number of methoxy groups -OCH3 is 4. The van der Waals surface area contributed by atoms with Crippen LogP contribution in [-0.2, 0) is 28.5 Å². The number of hydrogen-bond acceptors (Lipinski definition) is 13. The van der Waals surface area contributed by atoms with E-state index in [0.29, 0.717) is 17.4 Å². The van der Waals surface area contributed by atoms with Gasteiger partial charge in [-0.25, -0.2) is 9.59 Å². The number of esters is 2. The predicted molar refractivity (Wildman–Crippen MR) is 145 cm³/mol. The molecule has 2 aromatic carbocycles. The van der Waals surface area contributed by atoms with Crippen LogP contribution in [0.1, 0.15) is 22.0 Å². The molecule has 218 valence electrons. The zero-order chi connectivity index (χ0) is 29.7. The number of benzene rings is 2. The Hall–Kier alpha value is -2.58. The van der Waals surface area contributed by atoms with Crippen LogP contribution in [0.4, 0.5) is 11.4 Å². The summed E-state index contributed by atoms with van der Waals surface area (Å²) in [6.07, 6.45) is -1.77. The molecule has 0 aromatic heterocycles. The Morgan fingerprint density at radius 3 is 1.57 bits per heavy atom. The molecular formula is C23H30IN2NaO13. The van der Waals surface area contributed by atoms with Crippen LogP contribution in [0.5, 0.6) is 0 Å².